The first kappa shape index (κ1) is 19.2. The Morgan fingerprint density at radius 1 is 1.22 bits per heavy atom. The van der Waals surface area contributed by atoms with Crippen molar-refractivity contribution in [1.29, 1.82) is 0 Å². The van der Waals surface area contributed by atoms with E-state index in [4.69, 9.17) is 17.3 Å². The van der Waals surface area contributed by atoms with E-state index in [9.17, 15) is 9.59 Å². The number of halogens is 1. The van der Waals surface area contributed by atoms with Gasteiger partial charge >= 0.3 is 5.69 Å². The Hall–Kier alpha value is -2.60. The second kappa shape index (κ2) is 7.96. The van der Waals surface area contributed by atoms with Crippen molar-refractivity contribution < 1.29 is 4.79 Å². The topological polar surface area (TPSA) is 82.9 Å². The number of benzene rings is 1. The number of pyridine rings is 1. The molecule has 0 spiro atoms. The zero-order chi connectivity index (χ0) is 19.6. The molecular weight excluding hydrogens is 364 g/mol. The Morgan fingerprint density at radius 3 is 2.52 bits per heavy atom. The van der Waals surface area contributed by atoms with E-state index in [0.717, 1.165) is 24.0 Å². The third-order valence-corrected chi connectivity index (χ3v) is 5.02. The van der Waals surface area contributed by atoms with Crippen molar-refractivity contribution in [3.8, 4) is 11.1 Å². The Morgan fingerprint density at radius 2 is 1.93 bits per heavy atom. The fourth-order valence-corrected chi connectivity index (χ4v) is 3.46. The van der Waals surface area contributed by atoms with Crippen LogP contribution < -0.4 is 11.4 Å². The highest BCUT2D eigenvalue weighted by Gasteiger charge is 2.25. The van der Waals surface area contributed by atoms with Gasteiger partial charge in [-0.05, 0) is 37.1 Å². The highest BCUT2D eigenvalue weighted by molar-refractivity contribution is 6.30. The molecule has 142 valence electrons. The van der Waals surface area contributed by atoms with Crippen LogP contribution in [0.5, 0.6) is 0 Å². The second-order valence-corrected chi connectivity index (χ2v) is 6.97. The van der Waals surface area contributed by atoms with Gasteiger partial charge in [-0.3, -0.25) is 13.9 Å². The number of carbonyl (C=O) groups excluding carboxylic acids is 1. The number of nitrogens with two attached hydrogens (primary N) is 1. The van der Waals surface area contributed by atoms with Crippen LogP contribution >= 0.6 is 11.6 Å². The molecule has 3 aromatic rings. The van der Waals surface area contributed by atoms with E-state index in [1.807, 2.05) is 44.2 Å². The largest absolute Gasteiger partial charge is 0.368 e. The number of carbonyl (C=O) groups is 1. The number of aryl methyl sites for hydroxylation is 1. The summed E-state index contributed by atoms with van der Waals surface area (Å²) in [6.07, 6.45) is 3.95. The molecule has 0 fully saturated rings. The van der Waals surface area contributed by atoms with E-state index in [2.05, 4.69) is 4.98 Å². The Labute approximate surface area is 162 Å². The van der Waals surface area contributed by atoms with Crippen LogP contribution in [0.15, 0.2) is 41.3 Å². The van der Waals surface area contributed by atoms with E-state index in [0.29, 0.717) is 29.2 Å². The highest BCUT2D eigenvalue weighted by Crippen LogP contribution is 2.26. The molecule has 0 aliphatic carbocycles. The van der Waals surface area contributed by atoms with Crippen LogP contribution in [0.1, 0.15) is 39.2 Å². The summed E-state index contributed by atoms with van der Waals surface area (Å²) in [5.74, 6) is -0.510. The standard InChI is InChI=1S/C20H23ClN4O2/c1-3-5-6-16(18(22)26)25-19-17(24(4-2)20(25)27)11-14(12-23-19)13-7-9-15(21)10-8-13/h7-12,16H,3-6H2,1-2H3,(H2,22,26). The summed E-state index contributed by atoms with van der Waals surface area (Å²) >= 11 is 5.96. The first-order valence-electron chi connectivity index (χ1n) is 9.14. The lowest BCUT2D eigenvalue weighted by atomic mass is 10.1. The summed E-state index contributed by atoms with van der Waals surface area (Å²) in [6, 6.07) is 8.67. The van der Waals surface area contributed by atoms with Crippen molar-refractivity contribution in [2.45, 2.75) is 45.7 Å². The molecule has 6 nitrogen and oxygen atoms in total. The number of hydrogen-bond donors (Lipinski definition) is 1. The molecule has 1 aromatic carbocycles. The Balaban J connectivity index is 2.19. The predicted octanol–water partition coefficient (Wildman–Crippen LogP) is 3.75. The van der Waals surface area contributed by atoms with Gasteiger partial charge in [0.1, 0.15) is 6.04 Å². The van der Waals surface area contributed by atoms with Gasteiger partial charge in [-0.1, -0.05) is 43.5 Å². The van der Waals surface area contributed by atoms with E-state index in [1.165, 1.54) is 4.57 Å². The SMILES string of the molecule is CCCCC(C(N)=O)n1c(=O)n(CC)c2cc(-c3ccc(Cl)cc3)cnc21. The summed E-state index contributed by atoms with van der Waals surface area (Å²) in [7, 11) is 0. The summed E-state index contributed by atoms with van der Waals surface area (Å²) in [4.78, 5) is 29.5. The second-order valence-electron chi connectivity index (χ2n) is 6.53. The molecule has 1 atom stereocenters. The number of rotatable bonds is 7. The molecule has 1 unspecified atom stereocenters. The van der Waals surface area contributed by atoms with Gasteiger partial charge in [-0.15, -0.1) is 0 Å². The summed E-state index contributed by atoms with van der Waals surface area (Å²) in [5.41, 5.74) is 8.36. The highest BCUT2D eigenvalue weighted by atomic mass is 35.5. The average Bonchev–Trinajstić information content (AvgIpc) is 2.93. The van der Waals surface area contributed by atoms with Crippen molar-refractivity contribution >= 4 is 28.7 Å². The van der Waals surface area contributed by atoms with Gasteiger partial charge in [0.2, 0.25) is 5.91 Å². The predicted molar refractivity (Wildman–Crippen MR) is 108 cm³/mol. The van der Waals surface area contributed by atoms with Gasteiger partial charge in [-0.25, -0.2) is 9.78 Å². The Kier molecular flexibility index (Phi) is 5.65. The van der Waals surface area contributed by atoms with Crippen LogP contribution in [0.2, 0.25) is 5.02 Å². The lowest BCUT2D eigenvalue weighted by Crippen LogP contribution is -2.34. The van der Waals surface area contributed by atoms with E-state index in [-0.39, 0.29) is 5.69 Å². The van der Waals surface area contributed by atoms with Crippen LogP contribution in [-0.4, -0.2) is 20.0 Å². The molecule has 7 heteroatoms. The maximum atomic E-state index is 13.0. The molecule has 0 bridgehead atoms. The number of imidazole rings is 1. The zero-order valence-electron chi connectivity index (χ0n) is 15.5. The molecular formula is C20H23ClN4O2. The van der Waals surface area contributed by atoms with Crippen molar-refractivity contribution in [2.75, 3.05) is 0 Å². The minimum Gasteiger partial charge on any atom is -0.368 e. The fraction of sp³-hybridized carbons (Fsp3) is 0.350. The molecule has 0 saturated heterocycles. The first-order valence-corrected chi connectivity index (χ1v) is 9.51. The molecule has 27 heavy (non-hydrogen) atoms. The van der Waals surface area contributed by atoms with E-state index >= 15 is 0 Å². The summed E-state index contributed by atoms with van der Waals surface area (Å²) in [5, 5.41) is 0.657. The van der Waals surface area contributed by atoms with Crippen LogP contribution in [0.3, 0.4) is 0 Å². The van der Waals surface area contributed by atoms with Gasteiger partial charge in [0.15, 0.2) is 5.65 Å². The molecule has 1 amide bonds. The number of amides is 1. The number of nitrogens with zero attached hydrogens (tertiary/aromatic N) is 3. The third kappa shape index (κ3) is 3.62. The maximum absolute atomic E-state index is 13.0. The quantitative estimate of drug-likeness (QED) is 0.671. The van der Waals surface area contributed by atoms with E-state index in [1.54, 1.807) is 10.8 Å². The summed E-state index contributed by atoms with van der Waals surface area (Å²) in [6.45, 7) is 4.41. The van der Waals surface area contributed by atoms with Gasteiger partial charge < -0.3 is 5.73 Å². The molecule has 0 saturated carbocycles. The Bertz CT molecular complexity index is 1020. The minimum atomic E-state index is -0.693. The average molecular weight is 387 g/mol. The molecule has 2 aromatic heterocycles. The van der Waals surface area contributed by atoms with Crippen molar-refractivity contribution in [1.82, 2.24) is 14.1 Å². The monoisotopic (exact) mass is 386 g/mol. The number of unbranched alkanes of at least 4 members (excludes halogenated alkanes) is 1. The van der Waals surface area contributed by atoms with Crippen molar-refractivity contribution in [3.63, 3.8) is 0 Å². The molecule has 0 radical (unpaired) electrons. The fourth-order valence-electron chi connectivity index (χ4n) is 3.34. The smallest absolute Gasteiger partial charge is 0.331 e. The lowest BCUT2D eigenvalue weighted by molar-refractivity contribution is -0.121. The number of primary amides is 1. The zero-order valence-corrected chi connectivity index (χ0v) is 16.2. The molecule has 2 N–H and O–H groups in total. The van der Waals surface area contributed by atoms with Crippen LogP contribution in [0, 0.1) is 0 Å². The lowest BCUT2D eigenvalue weighted by Gasteiger charge is -2.14. The van der Waals surface area contributed by atoms with Gasteiger partial charge in [0.25, 0.3) is 0 Å². The molecule has 0 aliphatic heterocycles. The molecule has 3 rings (SSSR count). The normalized spacial score (nSPS) is 12.4. The maximum Gasteiger partial charge on any atom is 0.331 e. The molecule has 2 heterocycles. The van der Waals surface area contributed by atoms with Gasteiger partial charge in [0.05, 0.1) is 5.52 Å². The van der Waals surface area contributed by atoms with Crippen LogP contribution in [-0.2, 0) is 11.3 Å². The van der Waals surface area contributed by atoms with Crippen molar-refractivity contribution in [3.05, 3.63) is 52.0 Å². The molecule has 0 aliphatic rings. The van der Waals surface area contributed by atoms with Crippen LogP contribution in [0.4, 0.5) is 0 Å². The summed E-state index contributed by atoms with van der Waals surface area (Å²) < 4.78 is 3.08. The minimum absolute atomic E-state index is 0.256. The van der Waals surface area contributed by atoms with Crippen LogP contribution in [0.25, 0.3) is 22.3 Å². The number of aromatic nitrogens is 3. The van der Waals surface area contributed by atoms with Gasteiger partial charge in [0, 0.05) is 23.3 Å². The third-order valence-electron chi connectivity index (χ3n) is 4.77. The first-order chi connectivity index (χ1) is 13.0. The van der Waals surface area contributed by atoms with Gasteiger partial charge in [-0.2, -0.15) is 0 Å². The number of fused-ring (bicyclic) bond motifs is 1. The van der Waals surface area contributed by atoms with E-state index < -0.39 is 11.9 Å². The number of hydrogen-bond acceptors (Lipinski definition) is 3. The van der Waals surface area contributed by atoms with Crippen molar-refractivity contribution in [2.24, 2.45) is 5.73 Å².